The smallest absolute Gasteiger partial charge is 0.378 e. The average Bonchev–Trinajstić information content (AvgIpc) is 2.97. The molecular formula is C16H17F3N4O2. The first-order valence-electron chi connectivity index (χ1n) is 7.84. The minimum absolute atomic E-state index is 0.111. The molecule has 1 aliphatic rings. The number of aromatic nitrogens is 3. The maximum atomic E-state index is 13.0. The van der Waals surface area contributed by atoms with Crippen molar-refractivity contribution in [3.63, 3.8) is 0 Å². The van der Waals surface area contributed by atoms with Crippen LogP contribution in [-0.2, 0) is 22.5 Å². The summed E-state index contributed by atoms with van der Waals surface area (Å²) in [7, 11) is 0. The van der Waals surface area contributed by atoms with Crippen molar-refractivity contribution in [2.24, 2.45) is 0 Å². The Morgan fingerprint density at radius 3 is 2.48 bits per heavy atom. The summed E-state index contributed by atoms with van der Waals surface area (Å²) >= 11 is 0. The van der Waals surface area contributed by atoms with Gasteiger partial charge in [0.1, 0.15) is 12.2 Å². The predicted molar refractivity (Wildman–Crippen MR) is 82.6 cm³/mol. The summed E-state index contributed by atoms with van der Waals surface area (Å²) in [4.78, 5) is 13.9. The van der Waals surface area contributed by atoms with Crippen LogP contribution < -0.4 is 0 Å². The van der Waals surface area contributed by atoms with Crippen molar-refractivity contribution in [1.29, 1.82) is 0 Å². The van der Waals surface area contributed by atoms with Gasteiger partial charge in [0.05, 0.1) is 25.3 Å². The molecule has 1 aromatic carbocycles. The van der Waals surface area contributed by atoms with E-state index in [1.165, 1.54) is 0 Å². The van der Waals surface area contributed by atoms with E-state index in [1.807, 2.05) is 0 Å². The van der Waals surface area contributed by atoms with Crippen LogP contribution in [0.1, 0.15) is 5.69 Å². The second-order valence-corrected chi connectivity index (χ2v) is 5.69. The van der Waals surface area contributed by atoms with Gasteiger partial charge in [0.25, 0.3) is 0 Å². The molecule has 1 saturated heterocycles. The van der Waals surface area contributed by atoms with E-state index in [4.69, 9.17) is 4.74 Å². The fourth-order valence-corrected chi connectivity index (χ4v) is 2.69. The van der Waals surface area contributed by atoms with Crippen LogP contribution >= 0.6 is 0 Å². The highest BCUT2D eigenvalue weighted by Crippen LogP contribution is 2.28. The Labute approximate surface area is 142 Å². The van der Waals surface area contributed by atoms with Crippen LogP contribution in [-0.4, -0.2) is 58.3 Å². The monoisotopic (exact) mass is 354 g/mol. The summed E-state index contributed by atoms with van der Waals surface area (Å²) in [5, 5.41) is 7.69. The summed E-state index contributed by atoms with van der Waals surface area (Å²) in [6.07, 6.45) is -5.62. The first-order valence-corrected chi connectivity index (χ1v) is 7.84. The third-order valence-electron chi connectivity index (χ3n) is 3.90. The molecule has 25 heavy (non-hydrogen) atoms. The van der Waals surface area contributed by atoms with E-state index < -0.39 is 12.6 Å². The Bertz CT molecular complexity index is 725. The number of hydrogen-bond donors (Lipinski definition) is 0. The van der Waals surface area contributed by atoms with Gasteiger partial charge in [-0.25, -0.2) is 4.68 Å². The van der Waals surface area contributed by atoms with Crippen molar-refractivity contribution in [3.05, 3.63) is 36.0 Å². The highest BCUT2D eigenvalue weighted by molar-refractivity contribution is 5.76. The molecule has 0 N–H and O–H groups in total. The van der Waals surface area contributed by atoms with E-state index in [0.717, 1.165) is 4.68 Å². The van der Waals surface area contributed by atoms with Crippen molar-refractivity contribution in [3.8, 4) is 11.3 Å². The Morgan fingerprint density at radius 2 is 1.84 bits per heavy atom. The van der Waals surface area contributed by atoms with Gasteiger partial charge >= 0.3 is 6.18 Å². The zero-order chi connectivity index (χ0) is 17.9. The zero-order valence-corrected chi connectivity index (χ0v) is 13.4. The molecule has 0 radical (unpaired) electrons. The molecular weight excluding hydrogens is 337 g/mol. The lowest BCUT2D eigenvalue weighted by atomic mass is 10.1. The Morgan fingerprint density at radius 1 is 1.16 bits per heavy atom. The number of morpholine rings is 1. The maximum absolute atomic E-state index is 13.0. The summed E-state index contributed by atoms with van der Waals surface area (Å²) in [6, 6.07) is 8.52. The largest absolute Gasteiger partial charge is 0.394 e. The highest BCUT2D eigenvalue weighted by atomic mass is 19.4. The standard InChI is InChI=1S/C16H17F3N4O2/c17-16(18,19)10-13-15(12-4-2-1-3-5-12)20-21-23(13)11-14(24)22-6-8-25-9-7-22/h1-5H,6-11H2. The lowest BCUT2D eigenvalue weighted by Crippen LogP contribution is -2.42. The van der Waals surface area contributed by atoms with Crippen molar-refractivity contribution in [1.82, 2.24) is 19.9 Å². The van der Waals surface area contributed by atoms with Crippen molar-refractivity contribution < 1.29 is 22.7 Å². The predicted octanol–water partition coefficient (Wildman–Crippen LogP) is 1.91. The number of nitrogens with zero attached hydrogens (tertiary/aromatic N) is 4. The Hall–Kier alpha value is -2.42. The van der Waals surface area contributed by atoms with E-state index in [0.29, 0.717) is 31.9 Å². The lowest BCUT2D eigenvalue weighted by Gasteiger charge is -2.27. The van der Waals surface area contributed by atoms with Gasteiger partial charge in [0.2, 0.25) is 5.91 Å². The fourth-order valence-electron chi connectivity index (χ4n) is 2.69. The molecule has 6 nitrogen and oxygen atoms in total. The molecule has 0 unspecified atom stereocenters. The van der Waals surface area contributed by atoms with Crippen LogP contribution in [0.4, 0.5) is 13.2 Å². The van der Waals surface area contributed by atoms with Gasteiger partial charge in [-0.1, -0.05) is 35.5 Å². The fraction of sp³-hybridized carbons (Fsp3) is 0.438. The van der Waals surface area contributed by atoms with Crippen LogP contribution in [0.3, 0.4) is 0 Å². The molecule has 134 valence electrons. The van der Waals surface area contributed by atoms with E-state index in [1.54, 1.807) is 35.2 Å². The normalized spacial score (nSPS) is 15.4. The Balaban J connectivity index is 1.88. The number of ether oxygens (including phenoxy) is 1. The second kappa shape index (κ2) is 7.22. The van der Waals surface area contributed by atoms with Gasteiger partial charge in [-0.05, 0) is 0 Å². The van der Waals surface area contributed by atoms with Crippen LogP contribution in [0.2, 0.25) is 0 Å². The van der Waals surface area contributed by atoms with Crippen LogP contribution in [0.15, 0.2) is 30.3 Å². The van der Waals surface area contributed by atoms with Gasteiger partial charge in [0.15, 0.2) is 0 Å². The van der Waals surface area contributed by atoms with Crippen LogP contribution in [0.25, 0.3) is 11.3 Å². The molecule has 0 atom stereocenters. The van der Waals surface area contributed by atoms with Crippen molar-refractivity contribution in [2.75, 3.05) is 26.3 Å². The maximum Gasteiger partial charge on any atom is 0.394 e. The summed E-state index contributed by atoms with van der Waals surface area (Å²) in [5.74, 6) is -0.295. The number of carbonyl (C=O) groups excluding carboxylic acids is 1. The third-order valence-corrected chi connectivity index (χ3v) is 3.90. The number of hydrogen-bond acceptors (Lipinski definition) is 4. The number of amides is 1. The topological polar surface area (TPSA) is 60.2 Å². The van der Waals surface area contributed by atoms with Gasteiger partial charge in [-0.2, -0.15) is 13.2 Å². The zero-order valence-electron chi connectivity index (χ0n) is 13.4. The summed E-state index contributed by atoms with van der Waals surface area (Å²) < 4.78 is 45.2. The number of alkyl halides is 3. The molecule has 2 aromatic rings. The summed E-state index contributed by atoms with van der Waals surface area (Å²) in [6.45, 7) is 1.42. The summed E-state index contributed by atoms with van der Waals surface area (Å²) in [5.41, 5.74) is 0.569. The first kappa shape index (κ1) is 17.4. The van der Waals surface area contributed by atoms with E-state index in [9.17, 15) is 18.0 Å². The van der Waals surface area contributed by atoms with E-state index in [-0.39, 0.29) is 23.8 Å². The molecule has 0 bridgehead atoms. The molecule has 2 heterocycles. The lowest BCUT2D eigenvalue weighted by molar-refractivity contribution is -0.137. The quantitative estimate of drug-likeness (QED) is 0.842. The molecule has 0 aliphatic carbocycles. The Kier molecular flexibility index (Phi) is 5.03. The minimum atomic E-state index is -4.43. The molecule has 0 saturated carbocycles. The molecule has 9 heteroatoms. The number of carbonyl (C=O) groups is 1. The van der Waals surface area contributed by atoms with E-state index in [2.05, 4.69) is 10.3 Å². The highest BCUT2D eigenvalue weighted by Gasteiger charge is 2.33. The van der Waals surface area contributed by atoms with Crippen LogP contribution in [0.5, 0.6) is 0 Å². The first-order chi connectivity index (χ1) is 11.9. The molecule has 1 amide bonds. The molecule has 3 rings (SSSR count). The van der Waals surface area contributed by atoms with E-state index >= 15 is 0 Å². The van der Waals surface area contributed by atoms with Gasteiger partial charge < -0.3 is 9.64 Å². The van der Waals surface area contributed by atoms with Gasteiger partial charge in [0, 0.05) is 18.7 Å². The minimum Gasteiger partial charge on any atom is -0.378 e. The molecule has 1 aromatic heterocycles. The van der Waals surface area contributed by atoms with Crippen LogP contribution in [0, 0.1) is 0 Å². The number of halogens is 3. The molecule has 1 fully saturated rings. The third kappa shape index (κ3) is 4.36. The van der Waals surface area contributed by atoms with Crippen molar-refractivity contribution in [2.45, 2.75) is 19.1 Å². The average molecular weight is 354 g/mol. The SMILES string of the molecule is O=C(Cn1nnc(-c2ccccc2)c1CC(F)(F)F)N1CCOCC1. The molecule has 1 aliphatic heterocycles. The van der Waals surface area contributed by atoms with Crippen molar-refractivity contribution >= 4 is 5.91 Å². The number of benzene rings is 1. The van der Waals surface area contributed by atoms with Gasteiger partial charge in [-0.15, -0.1) is 5.10 Å². The van der Waals surface area contributed by atoms with Gasteiger partial charge in [-0.3, -0.25) is 4.79 Å². The second-order valence-electron chi connectivity index (χ2n) is 5.69. The number of rotatable bonds is 4. The molecule has 0 spiro atoms.